The third kappa shape index (κ3) is 7.99. The maximum atomic E-state index is 10.6. The Balaban J connectivity index is 0.00000380. The highest BCUT2D eigenvalue weighted by Gasteiger charge is 2.17. The molecule has 2 aliphatic rings. The molecule has 204 valence electrons. The SMILES string of the molecule is CCC(=C(CC)c1ccc(O)c(CNC2CCCCC2)c1)c1ccc(O)c(CNC2CCCCC2)c1.Cl. The summed E-state index contributed by atoms with van der Waals surface area (Å²) in [5.41, 5.74) is 6.94. The molecule has 2 fully saturated rings. The van der Waals surface area contributed by atoms with Gasteiger partial charge in [-0.25, -0.2) is 0 Å². The van der Waals surface area contributed by atoms with Crippen molar-refractivity contribution in [2.24, 2.45) is 0 Å². The minimum atomic E-state index is 0. The van der Waals surface area contributed by atoms with Gasteiger partial charge >= 0.3 is 0 Å². The number of halogens is 1. The maximum absolute atomic E-state index is 10.6. The van der Waals surface area contributed by atoms with Gasteiger partial charge in [-0.2, -0.15) is 0 Å². The lowest BCUT2D eigenvalue weighted by molar-refractivity contribution is 0.369. The van der Waals surface area contributed by atoms with Crippen LogP contribution in [0.15, 0.2) is 36.4 Å². The van der Waals surface area contributed by atoms with Gasteiger partial charge in [0.1, 0.15) is 11.5 Å². The van der Waals surface area contributed by atoms with Crippen LogP contribution in [-0.4, -0.2) is 22.3 Å². The van der Waals surface area contributed by atoms with Crippen LogP contribution < -0.4 is 10.6 Å². The van der Waals surface area contributed by atoms with Crippen molar-refractivity contribution >= 4 is 23.6 Å². The maximum Gasteiger partial charge on any atom is 0.120 e. The summed E-state index contributed by atoms with van der Waals surface area (Å²) >= 11 is 0. The molecule has 5 heteroatoms. The van der Waals surface area contributed by atoms with Crippen LogP contribution in [0.4, 0.5) is 0 Å². The summed E-state index contributed by atoms with van der Waals surface area (Å²) in [6.45, 7) is 5.84. The first-order valence-corrected chi connectivity index (χ1v) is 14.4. The first kappa shape index (κ1) is 29.5. The second kappa shape index (κ2) is 14.8. The molecule has 37 heavy (non-hydrogen) atoms. The zero-order valence-electron chi connectivity index (χ0n) is 22.8. The van der Waals surface area contributed by atoms with E-state index in [0.29, 0.717) is 36.7 Å². The summed E-state index contributed by atoms with van der Waals surface area (Å²) < 4.78 is 0. The van der Waals surface area contributed by atoms with E-state index in [-0.39, 0.29) is 12.4 Å². The van der Waals surface area contributed by atoms with Crippen molar-refractivity contribution in [3.63, 3.8) is 0 Å². The van der Waals surface area contributed by atoms with Gasteiger partial charge < -0.3 is 20.8 Å². The van der Waals surface area contributed by atoms with E-state index >= 15 is 0 Å². The zero-order chi connectivity index (χ0) is 25.3. The topological polar surface area (TPSA) is 64.5 Å². The third-order valence-electron chi connectivity index (χ3n) is 8.30. The Hall–Kier alpha value is -2.01. The molecule has 2 saturated carbocycles. The second-order valence-electron chi connectivity index (χ2n) is 10.8. The first-order valence-electron chi connectivity index (χ1n) is 14.4. The third-order valence-corrected chi connectivity index (χ3v) is 8.30. The highest BCUT2D eigenvalue weighted by Crippen LogP contribution is 2.35. The summed E-state index contributed by atoms with van der Waals surface area (Å²) in [7, 11) is 0. The molecule has 0 radical (unpaired) electrons. The molecule has 4 rings (SSSR count). The highest BCUT2D eigenvalue weighted by molar-refractivity contribution is 5.91. The lowest BCUT2D eigenvalue weighted by Crippen LogP contribution is -2.30. The summed E-state index contributed by atoms with van der Waals surface area (Å²) in [6.07, 6.45) is 14.7. The Morgan fingerprint density at radius 1 is 0.649 bits per heavy atom. The molecular weight excluding hydrogens is 480 g/mol. The lowest BCUT2D eigenvalue weighted by Gasteiger charge is -2.24. The van der Waals surface area contributed by atoms with Crippen molar-refractivity contribution in [3.8, 4) is 11.5 Å². The largest absolute Gasteiger partial charge is 0.508 e. The molecule has 0 aliphatic heterocycles. The van der Waals surface area contributed by atoms with Crippen LogP contribution in [0.5, 0.6) is 11.5 Å². The number of phenols is 2. The van der Waals surface area contributed by atoms with E-state index < -0.39 is 0 Å². The van der Waals surface area contributed by atoms with E-state index in [1.165, 1.54) is 86.5 Å². The fourth-order valence-corrected chi connectivity index (χ4v) is 6.14. The predicted octanol–water partition coefficient (Wildman–Crippen LogP) is 8.10. The smallest absolute Gasteiger partial charge is 0.120 e. The zero-order valence-corrected chi connectivity index (χ0v) is 23.6. The van der Waals surface area contributed by atoms with E-state index in [1.54, 1.807) is 0 Å². The number of benzene rings is 2. The number of nitrogens with one attached hydrogen (secondary N) is 2. The van der Waals surface area contributed by atoms with Crippen LogP contribution in [0.1, 0.15) is 113 Å². The van der Waals surface area contributed by atoms with E-state index in [4.69, 9.17) is 0 Å². The Labute approximate surface area is 230 Å². The Kier molecular flexibility index (Phi) is 11.8. The minimum Gasteiger partial charge on any atom is -0.508 e. The number of phenolic OH excluding ortho intramolecular Hbond substituents is 2. The molecule has 2 aliphatic carbocycles. The molecule has 0 saturated heterocycles. The highest BCUT2D eigenvalue weighted by atomic mass is 35.5. The minimum absolute atomic E-state index is 0. The fraction of sp³-hybridized carbons (Fsp3) is 0.562. The van der Waals surface area contributed by atoms with Crippen molar-refractivity contribution in [2.45, 2.75) is 116 Å². The van der Waals surface area contributed by atoms with Crippen LogP contribution in [0.2, 0.25) is 0 Å². The second-order valence-corrected chi connectivity index (χ2v) is 10.8. The molecule has 0 amide bonds. The van der Waals surface area contributed by atoms with Crippen molar-refractivity contribution in [2.75, 3.05) is 0 Å². The van der Waals surface area contributed by atoms with Gasteiger partial charge in [-0.3, -0.25) is 0 Å². The van der Waals surface area contributed by atoms with Crippen LogP contribution in [0.25, 0.3) is 11.1 Å². The van der Waals surface area contributed by atoms with Gasteiger partial charge in [0.2, 0.25) is 0 Å². The van der Waals surface area contributed by atoms with Gasteiger partial charge in [0.05, 0.1) is 0 Å². The lowest BCUT2D eigenvalue weighted by atomic mass is 9.89. The molecule has 0 atom stereocenters. The van der Waals surface area contributed by atoms with E-state index in [9.17, 15) is 10.2 Å². The van der Waals surface area contributed by atoms with E-state index in [1.807, 2.05) is 12.1 Å². The van der Waals surface area contributed by atoms with Crippen molar-refractivity contribution in [1.29, 1.82) is 0 Å². The number of aromatic hydroxyl groups is 2. The predicted molar refractivity (Wildman–Crippen MR) is 158 cm³/mol. The molecule has 0 unspecified atom stereocenters. The molecule has 0 bridgehead atoms. The number of hydrogen-bond acceptors (Lipinski definition) is 4. The van der Waals surface area contributed by atoms with Crippen molar-refractivity contribution in [3.05, 3.63) is 58.7 Å². The summed E-state index contributed by atoms with van der Waals surface area (Å²) in [5.74, 6) is 0.743. The van der Waals surface area contributed by atoms with Gasteiger partial charge in [-0.15, -0.1) is 12.4 Å². The van der Waals surface area contributed by atoms with Crippen LogP contribution in [0, 0.1) is 0 Å². The average Bonchev–Trinajstić information content (AvgIpc) is 2.92. The van der Waals surface area contributed by atoms with Crippen LogP contribution in [-0.2, 0) is 13.1 Å². The summed E-state index contributed by atoms with van der Waals surface area (Å²) in [4.78, 5) is 0. The number of rotatable bonds is 10. The van der Waals surface area contributed by atoms with Gasteiger partial charge in [0.25, 0.3) is 0 Å². The van der Waals surface area contributed by atoms with Gasteiger partial charge in [0.15, 0.2) is 0 Å². The molecule has 0 heterocycles. The molecule has 2 aromatic rings. The number of hydrogen-bond donors (Lipinski definition) is 4. The van der Waals surface area contributed by atoms with Gasteiger partial charge in [-0.05, 0) is 85.1 Å². The molecule has 0 spiro atoms. The Bertz CT molecular complexity index is 942. The summed E-state index contributed by atoms with van der Waals surface area (Å²) in [5, 5.41) is 28.5. The molecule has 4 N–H and O–H groups in total. The molecule has 2 aromatic carbocycles. The molecule has 4 nitrogen and oxygen atoms in total. The Morgan fingerprint density at radius 3 is 1.38 bits per heavy atom. The van der Waals surface area contributed by atoms with Crippen LogP contribution >= 0.6 is 12.4 Å². The molecular formula is C32H47ClN2O2. The van der Waals surface area contributed by atoms with Crippen LogP contribution in [0.3, 0.4) is 0 Å². The quantitative estimate of drug-likeness (QED) is 0.236. The monoisotopic (exact) mass is 526 g/mol. The molecule has 0 aromatic heterocycles. The average molecular weight is 527 g/mol. The standard InChI is InChI=1S/C32H46N2O2.ClH/c1-3-29(23-15-17-31(35)25(19-23)21-33-27-11-7-5-8-12-27)30(4-2)24-16-18-32(36)26(20-24)22-34-28-13-9-6-10-14-28;/h15-20,27-28,33-36H,3-14,21-22H2,1-2H3;1H. The van der Waals surface area contributed by atoms with Gasteiger partial charge in [-0.1, -0.05) is 64.5 Å². The summed E-state index contributed by atoms with van der Waals surface area (Å²) in [6, 6.07) is 13.3. The van der Waals surface area contributed by atoms with Crippen molar-refractivity contribution in [1.82, 2.24) is 10.6 Å². The fourth-order valence-electron chi connectivity index (χ4n) is 6.14. The van der Waals surface area contributed by atoms with E-state index in [0.717, 1.165) is 24.0 Å². The van der Waals surface area contributed by atoms with Gasteiger partial charge in [0, 0.05) is 36.3 Å². The van der Waals surface area contributed by atoms with E-state index in [2.05, 4.69) is 48.7 Å². The Morgan fingerprint density at radius 2 is 1.03 bits per heavy atom. The number of allylic oxidation sites excluding steroid dienone is 2. The normalized spacial score (nSPS) is 17.8. The van der Waals surface area contributed by atoms with Crippen molar-refractivity contribution < 1.29 is 10.2 Å². The first-order chi connectivity index (χ1) is 17.6.